The van der Waals surface area contributed by atoms with Gasteiger partial charge in [0.05, 0.1) is 6.61 Å². The lowest BCUT2D eigenvalue weighted by Crippen LogP contribution is -2.29. The maximum Gasteiger partial charge on any atom is 0.354 e. The van der Waals surface area contributed by atoms with Gasteiger partial charge in [0.1, 0.15) is 6.61 Å². The van der Waals surface area contributed by atoms with Crippen molar-refractivity contribution in [3.63, 3.8) is 0 Å². The minimum atomic E-state index is -1.14. The molecule has 0 bridgehead atoms. The molecule has 0 saturated heterocycles. The van der Waals surface area contributed by atoms with E-state index in [0.29, 0.717) is 0 Å². The van der Waals surface area contributed by atoms with E-state index in [9.17, 15) is 14.4 Å². The van der Waals surface area contributed by atoms with E-state index in [-0.39, 0.29) is 13.2 Å². The van der Waals surface area contributed by atoms with Crippen LogP contribution in [0.15, 0.2) is 12.2 Å². The second-order valence-corrected chi connectivity index (χ2v) is 3.49. The van der Waals surface area contributed by atoms with Gasteiger partial charge in [-0.05, 0) is 13.8 Å². The van der Waals surface area contributed by atoms with Crippen LogP contribution >= 0.6 is 0 Å². The summed E-state index contributed by atoms with van der Waals surface area (Å²) in [5.41, 5.74) is 0.766. The van der Waals surface area contributed by atoms with Gasteiger partial charge in [0.25, 0.3) is 0 Å². The van der Waals surface area contributed by atoms with Crippen LogP contribution in [0, 0.1) is 0 Å². The van der Waals surface area contributed by atoms with E-state index in [4.69, 9.17) is 4.74 Å². The molecule has 0 aromatic carbocycles. The predicted octanol–water partition coefficient (Wildman–Crippen LogP) is 0.600. The summed E-state index contributed by atoms with van der Waals surface area (Å²) < 4.78 is 13.8. The van der Waals surface area contributed by atoms with Gasteiger partial charge in [0.15, 0.2) is 6.10 Å². The lowest BCUT2D eigenvalue weighted by molar-refractivity contribution is -0.173. The molecule has 0 saturated carbocycles. The Morgan fingerprint density at radius 3 is 2.24 bits per heavy atom. The molecule has 0 aliphatic heterocycles. The van der Waals surface area contributed by atoms with Crippen LogP contribution in [0.1, 0.15) is 20.8 Å². The Labute approximate surface area is 99.5 Å². The van der Waals surface area contributed by atoms with Gasteiger partial charge in [0.2, 0.25) is 0 Å². The molecule has 0 aromatic rings. The molecule has 0 fully saturated rings. The minimum Gasteiger partial charge on any atom is -0.449 e. The molecule has 0 rings (SSSR count). The van der Waals surface area contributed by atoms with Crippen molar-refractivity contribution in [3.8, 4) is 0 Å². The second kappa shape index (κ2) is 7.56. The molecular formula is C11H16O6. The van der Waals surface area contributed by atoms with E-state index in [2.05, 4.69) is 16.1 Å². The smallest absolute Gasteiger partial charge is 0.354 e. The van der Waals surface area contributed by atoms with E-state index in [1.165, 1.54) is 6.92 Å². The van der Waals surface area contributed by atoms with Crippen molar-refractivity contribution in [2.45, 2.75) is 26.9 Å². The maximum absolute atomic E-state index is 11.2. The van der Waals surface area contributed by atoms with Crippen LogP contribution in [-0.4, -0.2) is 37.2 Å². The quantitative estimate of drug-likeness (QED) is 0.387. The fraction of sp³-hybridized carbons (Fsp3) is 0.545. The fourth-order valence-electron chi connectivity index (χ4n) is 0.813. The highest BCUT2D eigenvalue weighted by Crippen LogP contribution is 1.97. The normalized spacial score (nSPS) is 11.5. The van der Waals surface area contributed by atoms with Gasteiger partial charge in [0, 0.05) is 6.92 Å². The summed E-state index contributed by atoms with van der Waals surface area (Å²) in [5.74, 6) is -2.37. The van der Waals surface area contributed by atoms with Gasteiger partial charge in [-0.3, -0.25) is 4.79 Å². The third kappa shape index (κ3) is 8.15. The number of ether oxygens (including phenoxy) is 3. The van der Waals surface area contributed by atoms with Gasteiger partial charge < -0.3 is 14.2 Å². The first kappa shape index (κ1) is 15.3. The Kier molecular flexibility index (Phi) is 6.81. The molecule has 0 aromatic heterocycles. The van der Waals surface area contributed by atoms with Crippen molar-refractivity contribution in [1.82, 2.24) is 0 Å². The zero-order chi connectivity index (χ0) is 13.4. The van der Waals surface area contributed by atoms with Crippen LogP contribution in [0.25, 0.3) is 0 Å². The van der Waals surface area contributed by atoms with Crippen LogP contribution < -0.4 is 0 Å². The number of carbonyl (C=O) groups is 3. The zero-order valence-electron chi connectivity index (χ0n) is 10.1. The highest BCUT2D eigenvalue weighted by Gasteiger charge is 2.20. The Bertz CT molecular complexity index is 320. The molecule has 96 valence electrons. The molecule has 0 amide bonds. The minimum absolute atomic E-state index is 0.237. The second-order valence-electron chi connectivity index (χ2n) is 3.49. The monoisotopic (exact) mass is 244 g/mol. The van der Waals surface area contributed by atoms with Crippen LogP contribution in [0.5, 0.6) is 0 Å². The van der Waals surface area contributed by atoms with Crippen molar-refractivity contribution in [1.29, 1.82) is 0 Å². The third-order valence-electron chi connectivity index (χ3n) is 1.45. The molecule has 0 spiro atoms. The molecule has 1 atom stereocenters. The zero-order valence-corrected chi connectivity index (χ0v) is 10.1. The van der Waals surface area contributed by atoms with E-state index in [1.807, 2.05) is 0 Å². The van der Waals surface area contributed by atoms with E-state index in [0.717, 1.165) is 12.5 Å². The van der Waals surface area contributed by atoms with Crippen molar-refractivity contribution in [3.05, 3.63) is 12.2 Å². The maximum atomic E-state index is 11.2. The molecule has 6 heteroatoms. The van der Waals surface area contributed by atoms with Crippen LogP contribution in [0.4, 0.5) is 0 Å². The number of hydrogen-bond acceptors (Lipinski definition) is 6. The van der Waals surface area contributed by atoms with Crippen LogP contribution in [0.3, 0.4) is 0 Å². The predicted molar refractivity (Wildman–Crippen MR) is 58.0 cm³/mol. The number of carbonyl (C=O) groups excluding carboxylic acids is 3. The summed E-state index contributed by atoms with van der Waals surface area (Å²) in [6.45, 7) is 7.68. The third-order valence-corrected chi connectivity index (χ3v) is 1.45. The first-order valence-electron chi connectivity index (χ1n) is 4.96. The van der Waals surface area contributed by atoms with Gasteiger partial charge in [-0.15, -0.1) is 0 Å². The van der Waals surface area contributed by atoms with Crippen molar-refractivity contribution in [2.75, 3.05) is 13.2 Å². The molecule has 1 unspecified atom stereocenters. The molecule has 0 N–H and O–H groups in total. The summed E-state index contributed by atoms with van der Waals surface area (Å²) in [5, 5.41) is 0. The van der Waals surface area contributed by atoms with E-state index in [1.54, 1.807) is 6.92 Å². The number of hydrogen-bond donors (Lipinski definition) is 0. The number of rotatable bonds is 6. The lowest BCUT2D eigenvalue weighted by atomic mass is 10.4. The Morgan fingerprint density at radius 1 is 1.18 bits per heavy atom. The largest absolute Gasteiger partial charge is 0.449 e. The average molecular weight is 244 g/mol. The Morgan fingerprint density at radius 2 is 1.76 bits per heavy atom. The standard InChI is InChI=1S/C11H16O6/c1-7(2)5-15-6-10(13)16-8(3)11(14)17-9(4)12/h8H,1,5-6H2,2-4H3. The first-order valence-corrected chi connectivity index (χ1v) is 4.96. The average Bonchev–Trinajstić information content (AvgIpc) is 2.15. The molecular weight excluding hydrogens is 228 g/mol. The molecule has 0 aliphatic rings. The summed E-state index contributed by atoms with van der Waals surface area (Å²) in [7, 11) is 0. The summed E-state index contributed by atoms with van der Waals surface area (Å²) >= 11 is 0. The van der Waals surface area contributed by atoms with Gasteiger partial charge >= 0.3 is 17.9 Å². The lowest BCUT2D eigenvalue weighted by Gasteiger charge is -2.11. The van der Waals surface area contributed by atoms with Crippen LogP contribution in [0.2, 0.25) is 0 Å². The molecule has 17 heavy (non-hydrogen) atoms. The topological polar surface area (TPSA) is 78.9 Å². The summed E-state index contributed by atoms with van der Waals surface area (Å²) in [6.07, 6.45) is -1.14. The Balaban J connectivity index is 3.90. The van der Waals surface area contributed by atoms with Crippen molar-refractivity contribution >= 4 is 17.9 Å². The molecule has 6 nitrogen and oxygen atoms in total. The summed E-state index contributed by atoms with van der Waals surface area (Å²) in [4.78, 5) is 32.7. The molecule has 0 heterocycles. The number of esters is 3. The van der Waals surface area contributed by atoms with Crippen molar-refractivity contribution in [2.24, 2.45) is 0 Å². The van der Waals surface area contributed by atoms with Crippen LogP contribution in [-0.2, 0) is 28.6 Å². The molecule has 0 aliphatic carbocycles. The SMILES string of the molecule is C=C(C)COCC(=O)OC(C)C(=O)OC(C)=O. The molecule has 0 radical (unpaired) electrons. The highest BCUT2D eigenvalue weighted by molar-refractivity contribution is 5.88. The van der Waals surface area contributed by atoms with Gasteiger partial charge in [-0.25, -0.2) is 9.59 Å². The first-order chi connectivity index (χ1) is 7.82. The van der Waals surface area contributed by atoms with Gasteiger partial charge in [-0.1, -0.05) is 12.2 Å². The van der Waals surface area contributed by atoms with E-state index >= 15 is 0 Å². The van der Waals surface area contributed by atoms with Gasteiger partial charge in [-0.2, -0.15) is 0 Å². The van der Waals surface area contributed by atoms with E-state index < -0.39 is 24.0 Å². The summed E-state index contributed by atoms with van der Waals surface area (Å²) in [6, 6.07) is 0. The van der Waals surface area contributed by atoms with Crippen molar-refractivity contribution < 1.29 is 28.6 Å². The Hall–Kier alpha value is -1.69. The highest BCUT2D eigenvalue weighted by atomic mass is 16.6. The fourth-order valence-corrected chi connectivity index (χ4v) is 0.813.